The smallest absolute Gasteiger partial charge is 0.147 e. The predicted octanol–water partition coefficient (Wildman–Crippen LogP) is 3.56. The van der Waals surface area contributed by atoms with Gasteiger partial charge in [0.1, 0.15) is 16.7 Å². The van der Waals surface area contributed by atoms with Crippen LogP contribution in [0.4, 0.5) is 0 Å². The number of hydrogen-bond donors (Lipinski definition) is 0. The predicted molar refractivity (Wildman–Crippen MR) is 98.3 cm³/mol. The summed E-state index contributed by atoms with van der Waals surface area (Å²) in [7, 11) is 0. The van der Waals surface area contributed by atoms with Gasteiger partial charge in [0.25, 0.3) is 0 Å². The van der Waals surface area contributed by atoms with Gasteiger partial charge in [-0.15, -0.1) is 11.3 Å². The molecule has 0 aliphatic carbocycles. The number of aromatic nitrogens is 4. The van der Waals surface area contributed by atoms with Crippen LogP contribution in [0.25, 0.3) is 0 Å². The summed E-state index contributed by atoms with van der Waals surface area (Å²) in [6.45, 7) is 15.0. The number of hydrogen-bond acceptors (Lipinski definition) is 5. The summed E-state index contributed by atoms with van der Waals surface area (Å²) in [6.07, 6.45) is 4.60. The van der Waals surface area contributed by atoms with Gasteiger partial charge in [0.15, 0.2) is 0 Å². The van der Waals surface area contributed by atoms with Crippen LogP contribution in [0, 0.1) is 19.8 Å². The van der Waals surface area contributed by atoms with Gasteiger partial charge in [0.05, 0.1) is 6.54 Å². The van der Waals surface area contributed by atoms with Gasteiger partial charge in [-0.25, -0.2) is 14.6 Å². The first-order chi connectivity index (χ1) is 11.3. The topological polar surface area (TPSA) is 46.8 Å². The average Bonchev–Trinajstić information content (AvgIpc) is 3.06. The van der Waals surface area contributed by atoms with Crippen LogP contribution in [0.3, 0.4) is 0 Å². The Morgan fingerprint density at radius 2 is 2.08 bits per heavy atom. The van der Waals surface area contributed by atoms with Crippen LogP contribution < -0.4 is 0 Å². The maximum Gasteiger partial charge on any atom is 0.147 e. The standard InChI is InChI=1S/C18H29N5S/c1-13-20-14(2)23(21-13)11-15-7-6-8-22(10-15)12-17-19-9-16(24-17)18(3,4)5/h9,15H,6-8,10-12H2,1-5H3/t15-/m0/s1. The monoisotopic (exact) mass is 347 g/mol. The Morgan fingerprint density at radius 1 is 1.29 bits per heavy atom. The molecular formula is C18H29N5S. The van der Waals surface area contributed by atoms with Gasteiger partial charge in [-0.1, -0.05) is 20.8 Å². The highest BCUT2D eigenvalue weighted by atomic mass is 32.1. The highest BCUT2D eigenvalue weighted by molar-refractivity contribution is 7.11. The molecule has 0 bridgehead atoms. The quantitative estimate of drug-likeness (QED) is 0.848. The molecule has 2 aromatic rings. The number of piperidine rings is 1. The van der Waals surface area contributed by atoms with Crippen LogP contribution in [-0.2, 0) is 18.5 Å². The molecule has 5 nitrogen and oxygen atoms in total. The summed E-state index contributed by atoms with van der Waals surface area (Å²) in [5, 5.41) is 5.76. The summed E-state index contributed by atoms with van der Waals surface area (Å²) in [5.74, 6) is 2.55. The van der Waals surface area contributed by atoms with E-state index in [1.807, 2.05) is 25.2 Å². The van der Waals surface area contributed by atoms with Crippen molar-refractivity contribution in [3.63, 3.8) is 0 Å². The molecule has 0 spiro atoms. The Kier molecular flexibility index (Phi) is 5.06. The molecule has 1 fully saturated rings. The van der Waals surface area contributed by atoms with Gasteiger partial charge in [-0.2, -0.15) is 5.10 Å². The highest BCUT2D eigenvalue weighted by Gasteiger charge is 2.23. The molecule has 0 saturated carbocycles. The molecule has 1 aliphatic rings. The molecule has 0 radical (unpaired) electrons. The molecule has 24 heavy (non-hydrogen) atoms. The lowest BCUT2D eigenvalue weighted by Gasteiger charge is -2.32. The number of thiazole rings is 1. The fraction of sp³-hybridized carbons (Fsp3) is 0.722. The summed E-state index contributed by atoms with van der Waals surface area (Å²) >= 11 is 1.86. The molecule has 0 aromatic carbocycles. The summed E-state index contributed by atoms with van der Waals surface area (Å²) in [6, 6.07) is 0. The first-order valence-corrected chi connectivity index (χ1v) is 9.68. The third-order valence-electron chi connectivity index (χ3n) is 4.65. The molecule has 2 aromatic heterocycles. The molecule has 1 aliphatic heterocycles. The minimum atomic E-state index is 0.197. The van der Waals surface area contributed by atoms with E-state index in [1.54, 1.807) is 0 Å². The summed E-state index contributed by atoms with van der Waals surface area (Å²) in [5.41, 5.74) is 0.197. The SMILES string of the molecule is Cc1nc(C)n(C[C@H]2CCCN(Cc3ncc(C(C)(C)C)s3)C2)n1. The Hall–Kier alpha value is -1.27. The van der Waals surface area contributed by atoms with Crippen molar-refractivity contribution in [2.45, 2.75) is 66.0 Å². The number of aryl methyl sites for hydroxylation is 2. The summed E-state index contributed by atoms with van der Waals surface area (Å²) in [4.78, 5) is 13.0. The lowest BCUT2D eigenvalue weighted by Crippen LogP contribution is -2.36. The van der Waals surface area contributed by atoms with Gasteiger partial charge in [0.2, 0.25) is 0 Å². The van der Waals surface area contributed by atoms with Crippen LogP contribution in [-0.4, -0.2) is 37.7 Å². The first-order valence-electron chi connectivity index (χ1n) is 8.87. The van der Waals surface area contributed by atoms with Gasteiger partial charge in [0, 0.05) is 24.2 Å². The third kappa shape index (κ3) is 4.22. The summed E-state index contributed by atoms with van der Waals surface area (Å²) < 4.78 is 2.07. The maximum atomic E-state index is 4.65. The van der Waals surface area contributed by atoms with Crippen molar-refractivity contribution in [1.82, 2.24) is 24.6 Å². The second-order valence-electron chi connectivity index (χ2n) is 8.00. The molecular weight excluding hydrogens is 318 g/mol. The lowest BCUT2D eigenvalue weighted by molar-refractivity contribution is 0.152. The van der Waals surface area contributed by atoms with Crippen LogP contribution >= 0.6 is 11.3 Å². The van der Waals surface area contributed by atoms with E-state index in [9.17, 15) is 0 Å². The lowest BCUT2D eigenvalue weighted by atomic mass is 9.96. The van der Waals surface area contributed by atoms with E-state index < -0.39 is 0 Å². The third-order valence-corrected chi connectivity index (χ3v) is 6.06. The van der Waals surface area contributed by atoms with Crippen LogP contribution in [0.5, 0.6) is 0 Å². The van der Waals surface area contributed by atoms with Crippen molar-refractivity contribution in [2.24, 2.45) is 5.92 Å². The van der Waals surface area contributed by atoms with Crippen LogP contribution in [0.1, 0.15) is 55.1 Å². The Balaban J connectivity index is 1.59. The zero-order valence-corrected chi connectivity index (χ0v) is 16.4. The average molecular weight is 348 g/mol. The van der Waals surface area contributed by atoms with Gasteiger partial charge in [-0.05, 0) is 44.6 Å². The zero-order valence-electron chi connectivity index (χ0n) is 15.5. The van der Waals surface area contributed by atoms with Gasteiger partial charge >= 0.3 is 0 Å². The van der Waals surface area contributed by atoms with E-state index in [4.69, 9.17) is 0 Å². The Labute approximate surface area is 149 Å². The number of likely N-dealkylation sites (tertiary alicyclic amines) is 1. The maximum absolute atomic E-state index is 4.65. The van der Waals surface area contributed by atoms with E-state index >= 15 is 0 Å². The minimum absolute atomic E-state index is 0.197. The number of rotatable bonds is 4. The minimum Gasteiger partial charge on any atom is -0.296 e. The highest BCUT2D eigenvalue weighted by Crippen LogP contribution is 2.29. The van der Waals surface area contributed by atoms with Crippen molar-refractivity contribution < 1.29 is 0 Å². The molecule has 6 heteroatoms. The van der Waals surface area contributed by atoms with Crippen LogP contribution in [0.2, 0.25) is 0 Å². The van der Waals surface area contributed by atoms with Crippen molar-refractivity contribution in [2.75, 3.05) is 13.1 Å². The molecule has 1 saturated heterocycles. The van der Waals surface area contributed by atoms with E-state index in [2.05, 4.69) is 51.6 Å². The fourth-order valence-electron chi connectivity index (χ4n) is 3.34. The molecule has 3 rings (SSSR count). The molecule has 0 N–H and O–H groups in total. The Morgan fingerprint density at radius 3 is 2.71 bits per heavy atom. The molecule has 3 heterocycles. The largest absolute Gasteiger partial charge is 0.296 e. The first kappa shape index (κ1) is 17.5. The second kappa shape index (κ2) is 6.92. The number of nitrogens with zero attached hydrogens (tertiary/aromatic N) is 5. The molecule has 132 valence electrons. The molecule has 0 unspecified atom stereocenters. The Bertz CT molecular complexity index is 682. The second-order valence-corrected chi connectivity index (χ2v) is 9.12. The van der Waals surface area contributed by atoms with E-state index in [-0.39, 0.29) is 5.41 Å². The fourth-order valence-corrected chi connectivity index (χ4v) is 4.36. The van der Waals surface area contributed by atoms with Crippen molar-refractivity contribution in [1.29, 1.82) is 0 Å². The van der Waals surface area contributed by atoms with E-state index in [1.165, 1.54) is 29.3 Å². The molecule has 0 amide bonds. The van der Waals surface area contributed by atoms with Gasteiger partial charge < -0.3 is 0 Å². The van der Waals surface area contributed by atoms with Crippen molar-refractivity contribution in [3.8, 4) is 0 Å². The van der Waals surface area contributed by atoms with Gasteiger partial charge in [-0.3, -0.25) is 4.90 Å². The normalized spacial score (nSPS) is 19.8. The molecule has 1 atom stereocenters. The van der Waals surface area contributed by atoms with Crippen LogP contribution in [0.15, 0.2) is 6.20 Å². The van der Waals surface area contributed by atoms with E-state index in [0.717, 1.165) is 31.3 Å². The van der Waals surface area contributed by atoms with Crippen molar-refractivity contribution >= 4 is 11.3 Å². The van der Waals surface area contributed by atoms with Crippen molar-refractivity contribution in [3.05, 3.63) is 27.7 Å². The van der Waals surface area contributed by atoms with E-state index in [0.29, 0.717) is 5.92 Å². The zero-order chi connectivity index (χ0) is 17.3.